The van der Waals surface area contributed by atoms with E-state index in [9.17, 15) is 4.79 Å². The highest BCUT2D eigenvalue weighted by Crippen LogP contribution is 2.09. The summed E-state index contributed by atoms with van der Waals surface area (Å²) < 4.78 is 0. The van der Waals surface area contributed by atoms with Crippen LogP contribution in [0.25, 0.3) is 0 Å². The van der Waals surface area contributed by atoms with Crippen molar-refractivity contribution in [1.29, 1.82) is 0 Å². The van der Waals surface area contributed by atoms with Gasteiger partial charge in [0.05, 0.1) is 0 Å². The van der Waals surface area contributed by atoms with Gasteiger partial charge in [-0.25, -0.2) is 0 Å². The quantitative estimate of drug-likeness (QED) is 0.614. The van der Waals surface area contributed by atoms with E-state index in [0.717, 1.165) is 0 Å². The van der Waals surface area contributed by atoms with Crippen molar-refractivity contribution in [2.45, 2.75) is 32.7 Å². The molecule has 0 bridgehead atoms. The molecule has 6 N–H and O–H groups in total. The highest BCUT2D eigenvalue weighted by Gasteiger charge is 2.13. The van der Waals surface area contributed by atoms with E-state index in [1.165, 1.54) is 0 Å². The van der Waals surface area contributed by atoms with Gasteiger partial charge >= 0.3 is 0 Å². The molecule has 0 aliphatic rings. The first-order chi connectivity index (χ1) is 8.26. The Bertz CT molecular complexity index is 406. The van der Waals surface area contributed by atoms with Crippen LogP contribution in [0.2, 0.25) is 0 Å². The number of anilines is 3. The summed E-state index contributed by atoms with van der Waals surface area (Å²) in [6.45, 7) is 6.26. The zero-order chi connectivity index (χ0) is 13.8. The molecule has 1 rings (SSSR count). The normalized spacial score (nSPS) is 11.1. The largest absolute Gasteiger partial charge is 0.383 e. The Kier molecular flexibility index (Phi) is 4.30. The third-order valence-electron chi connectivity index (χ3n) is 1.94. The minimum Gasteiger partial charge on any atom is -0.383 e. The molecule has 0 aromatic carbocycles. The van der Waals surface area contributed by atoms with Gasteiger partial charge in [0, 0.05) is 24.6 Å². The van der Waals surface area contributed by atoms with E-state index >= 15 is 0 Å². The Morgan fingerprint density at radius 2 is 2.00 bits per heavy atom. The number of rotatable bonds is 4. The van der Waals surface area contributed by atoms with Crippen LogP contribution in [-0.4, -0.2) is 28.0 Å². The molecule has 1 amide bonds. The molecule has 1 aromatic heterocycles. The summed E-state index contributed by atoms with van der Waals surface area (Å²) in [4.78, 5) is 19.2. The minimum absolute atomic E-state index is 0.0231. The van der Waals surface area contributed by atoms with E-state index < -0.39 is 0 Å². The van der Waals surface area contributed by atoms with E-state index in [-0.39, 0.29) is 17.4 Å². The van der Waals surface area contributed by atoms with Crippen LogP contribution in [0, 0.1) is 0 Å². The number of aromatic nitrogens is 2. The highest BCUT2D eigenvalue weighted by atomic mass is 16.1. The van der Waals surface area contributed by atoms with Crippen molar-refractivity contribution in [2.24, 2.45) is 0 Å². The van der Waals surface area contributed by atoms with Gasteiger partial charge in [-0.15, -0.1) is 0 Å². The van der Waals surface area contributed by atoms with Crippen molar-refractivity contribution in [3.63, 3.8) is 0 Å². The number of nitrogens with one attached hydrogen (secondary N) is 2. The van der Waals surface area contributed by atoms with Crippen LogP contribution in [0.15, 0.2) is 6.07 Å². The lowest BCUT2D eigenvalue weighted by Crippen LogP contribution is -2.41. The van der Waals surface area contributed by atoms with Crippen molar-refractivity contribution >= 4 is 23.5 Å². The van der Waals surface area contributed by atoms with Crippen molar-refractivity contribution < 1.29 is 4.79 Å². The predicted molar refractivity (Wildman–Crippen MR) is 71.9 cm³/mol. The fraction of sp³-hybridized carbons (Fsp3) is 0.545. The van der Waals surface area contributed by atoms with Crippen molar-refractivity contribution in [3.8, 4) is 0 Å². The van der Waals surface area contributed by atoms with Crippen LogP contribution in [0.5, 0.6) is 0 Å². The second kappa shape index (κ2) is 5.52. The van der Waals surface area contributed by atoms with Gasteiger partial charge in [-0.2, -0.15) is 9.97 Å². The van der Waals surface area contributed by atoms with Crippen LogP contribution in [-0.2, 0) is 4.79 Å². The molecular weight excluding hydrogens is 232 g/mol. The van der Waals surface area contributed by atoms with E-state index in [2.05, 4.69) is 20.6 Å². The first-order valence-electron chi connectivity index (χ1n) is 5.71. The van der Waals surface area contributed by atoms with Gasteiger partial charge in [-0.05, 0) is 20.8 Å². The Labute approximate surface area is 106 Å². The maximum atomic E-state index is 11.5. The van der Waals surface area contributed by atoms with Gasteiger partial charge in [0.25, 0.3) is 0 Å². The molecule has 1 aromatic rings. The maximum Gasteiger partial charge on any atom is 0.223 e. The Balaban J connectivity index is 2.40. The predicted octanol–water partition coefficient (Wildman–Crippen LogP) is 0.358. The lowest BCUT2D eigenvalue weighted by atomic mass is 10.1. The molecule has 0 aliphatic carbocycles. The van der Waals surface area contributed by atoms with Crippen LogP contribution >= 0.6 is 0 Å². The van der Waals surface area contributed by atoms with Crippen LogP contribution < -0.4 is 22.1 Å². The molecule has 0 saturated carbocycles. The molecule has 18 heavy (non-hydrogen) atoms. The molecule has 7 heteroatoms. The molecule has 7 nitrogen and oxygen atoms in total. The first kappa shape index (κ1) is 14.0. The standard InChI is InChI=1S/C11H20N6O/c1-11(2,3)17-9(18)4-5-14-8-6-7(12)15-10(13)16-8/h6H,4-5H2,1-3H3,(H,17,18)(H5,12,13,14,15,16). The number of carbonyl (C=O) groups is 1. The number of nitrogens with zero attached hydrogens (tertiary/aromatic N) is 2. The molecule has 1 heterocycles. The SMILES string of the molecule is CC(C)(C)NC(=O)CCNc1cc(N)nc(N)n1. The van der Waals surface area contributed by atoms with Crippen molar-refractivity contribution in [2.75, 3.05) is 23.3 Å². The molecule has 0 unspecified atom stereocenters. The van der Waals surface area contributed by atoms with Gasteiger partial charge in [-0.1, -0.05) is 0 Å². The highest BCUT2D eigenvalue weighted by molar-refractivity contribution is 5.77. The minimum atomic E-state index is -0.221. The van der Waals surface area contributed by atoms with Gasteiger partial charge < -0.3 is 22.1 Å². The summed E-state index contributed by atoms with van der Waals surface area (Å²) >= 11 is 0. The van der Waals surface area contributed by atoms with Gasteiger partial charge in [0.15, 0.2) is 0 Å². The monoisotopic (exact) mass is 252 g/mol. The Morgan fingerprint density at radius 1 is 1.33 bits per heavy atom. The van der Waals surface area contributed by atoms with E-state index in [4.69, 9.17) is 11.5 Å². The lowest BCUT2D eigenvalue weighted by Gasteiger charge is -2.20. The van der Waals surface area contributed by atoms with Crippen molar-refractivity contribution in [3.05, 3.63) is 6.07 Å². The average molecular weight is 252 g/mol. The van der Waals surface area contributed by atoms with E-state index in [1.807, 2.05) is 20.8 Å². The third kappa shape index (κ3) is 5.33. The van der Waals surface area contributed by atoms with E-state index in [1.54, 1.807) is 6.07 Å². The summed E-state index contributed by atoms with van der Waals surface area (Å²) in [5.74, 6) is 0.898. The Hall–Kier alpha value is -2.05. The number of amides is 1. The average Bonchev–Trinajstić information content (AvgIpc) is 2.12. The second-order valence-corrected chi connectivity index (χ2v) is 5.01. The van der Waals surface area contributed by atoms with Crippen molar-refractivity contribution in [1.82, 2.24) is 15.3 Å². The Morgan fingerprint density at radius 3 is 2.56 bits per heavy atom. The summed E-state index contributed by atoms with van der Waals surface area (Å²) in [6.07, 6.45) is 0.348. The van der Waals surface area contributed by atoms with E-state index in [0.29, 0.717) is 24.6 Å². The van der Waals surface area contributed by atoms with Crippen LogP contribution in [0.3, 0.4) is 0 Å². The smallest absolute Gasteiger partial charge is 0.223 e. The van der Waals surface area contributed by atoms with Gasteiger partial charge in [0.1, 0.15) is 11.6 Å². The zero-order valence-electron chi connectivity index (χ0n) is 10.9. The molecule has 0 spiro atoms. The number of hydrogen-bond acceptors (Lipinski definition) is 6. The first-order valence-corrected chi connectivity index (χ1v) is 5.71. The molecule has 0 atom stereocenters. The van der Waals surface area contributed by atoms with Crippen LogP contribution in [0.1, 0.15) is 27.2 Å². The lowest BCUT2D eigenvalue weighted by molar-refractivity contribution is -0.122. The number of nitrogens with two attached hydrogens (primary N) is 2. The molecule has 0 radical (unpaired) electrons. The topological polar surface area (TPSA) is 119 Å². The number of carbonyl (C=O) groups excluding carboxylic acids is 1. The fourth-order valence-electron chi connectivity index (χ4n) is 1.36. The maximum absolute atomic E-state index is 11.5. The molecule has 0 saturated heterocycles. The summed E-state index contributed by atoms with van der Waals surface area (Å²) in [5.41, 5.74) is 10.8. The van der Waals surface area contributed by atoms with Gasteiger partial charge in [0.2, 0.25) is 11.9 Å². The van der Waals surface area contributed by atoms with Gasteiger partial charge in [-0.3, -0.25) is 4.79 Å². The number of nitrogen functional groups attached to an aromatic ring is 2. The van der Waals surface area contributed by atoms with Crippen LogP contribution in [0.4, 0.5) is 17.6 Å². The summed E-state index contributed by atoms with van der Waals surface area (Å²) in [6, 6.07) is 1.57. The molecule has 0 fully saturated rings. The fourth-order valence-corrected chi connectivity index (χ4v) is 1.36. The third-order valence-corrected chi connectivity index (χ3v) is 1.94. The zero-order valence-corrected chi connectivity index (χ0v) is 10.9. The number of hydrogen-bond donors (Lipinski definition) is 4. The summed E-state index contributed by atoms with van der Waals surface area (Å²) in [7, 11) is 0. The summed E-state index contributed by atoms with van der Waals surface area (Å²) in [5, 5.41) is 5.84. The molecule has 0 aliphatic heterocycles. The molecular formula is C11H20N6O. The molecule has 100 valence electrons. The second-order valence-electron chi connectivity index (χ2n) is 5.01.